The van der Waals surface area contributed by atoms with Gasteiger partial charge in [-0.1, -0.05) is 0 Å². The smallest absolute Gasteiger partial charge is 0.255 e. The standard InChI is InChI=1S/C21H14FN5O2/c1-13-8-9-27-19(13)21(24-12-25-27)29-18-7-6-16(10-17(18)22)26-20(28)15-4-2-14(11-23)3-5-15/h2-10,12H,1H3,(H,26,28). The van der Waals surface area contributed by atoms with Crippen LogP contribution in [0.5, 0.6) is 11.6 Å². The number of anilines is 1. The Balaban J connectivity index is 1.54. The first-order valence-corrected chi connectivity index (χ1v) is 8.63. The van der Waals surface area contributed by atoms with E-state index >= 15 is 0 Å². The van der Waals surface area contributed by atoms with Gasteiger partial charge in [-0.15, -0.1) is 0 Å². The van der Waals surface area contributed by atoms with E-state index in [1.165, 1.54) is 36.7 Å². The zero-order valence-electron chi connectivity index (χ0n) is 15.3. The molecule has 0 atom stereocenters. The number of nitrogens with zero attached hydrogens (tertiary/aromatic N) is 4. The molecule has 142 valence electrons. The van der Waals surface area contributed by atoms with Crippen molar-refractivity contribution in [2.75, 3.05) is 5.32 Å². The van der Waals surface area contributed by atoms with Crippen molar-refractivity contribution < 1.29 is 13.9 Å². The van der Waals surface area contributed by atoms with Crippen LogP contribution in [-0.4, -0.2) is 20.5 Å². The number of aromatic nitrogens is 3. The van der Waals surface area contributed by atoms with Crippen LogP contribution >= 0.6 is 0 Å². The average Bonchev–Trinajstić information content (AvgIpc) is 3.12. The number of nitrogens with one attached hydrogen (secondary N) is 1. The molecule has 7 nitrogen and oxygen atoms in total. The van der Waals surface area contributed by atoms with E-state index in [0.29, 0.717) is 16.6 Å². The maximum absolute atomic E-state index is 14.6. The van der Waals surface area contributed by atoms with Gasteiger partial charge in [-0.2, -0.15) is 15.3 Å². The van der Waals surface area contributed by atoms with E-state index in [1.807, 2.05) is 19.1 Å². The number of fused-ring (bicyclic) bond motifs is 1. The third-order valence-corrected chi connectivity index (χ3v) is 4.29. The predicted molar refractivity (Wildman–Crippen MR) is 103 cm³/mol. The van der Waals surface area contributed by atoms with Crippen molar-refractivity contribution >= 4 is 17.1 Å². The minimum atomic E-state index is -0.649. The van der Waals surface area contributed by atoms with E-state index in [0.717, 1.165) is 5.56 Å². The molecule has 8 heteroatoms. The minimum Gasteiger partial charge on any atom is -0.434 e. The van der Waals surface area contributed by atoms with Gasteiger partial charge < -0.3 is 10.1 Å². The molecule has 2 aromatic carbocycles. The van der Waals surface area contributed by atoms with Crippen LogP contribution in [-0.2, 0) is 0 Å². The van der Waals surface area contributed by atoms with Gasteiger partial charge in [-0.05, 0) is 55.0 Å². The second-order valence-corrected chi connectivity index (χ2v) is 6.25. The molecule has 2 aromatic heterocycles. The topological polar surface area (TPSA) is 92.3 Å². The van der Waals surface area contributed by atoms with Gasteiger partial charge in [0.1, 0.15) is 11.8 Å². The van der Waals surface area contributed by atoms with E-state index in [2.05, 4.69) is 15.4 Å². The molecule has 0 saturated heterocycles. The first-order valence-electron chi connectivity index (χ1n) is 8.63. The van der Waals surface area contributed by atoms with Crippen LogP contribution in [0.3, 0.4) is 0 Å². The number of ether oxygens (including phenoxy) is 1. The number of nitriles is 1. The molecular weight excluding hydrogens is 373 g/mol. The molecule has 4 rings (SSSR count). The van der Waals surface area contributed by atoms with Crippen LogP contribution in [0.25, 0.3) is 5.52 Å². The molecule has 0 aliphatic carbocycles. The summed E-state index contributed by atoms with van der Waals surface area (Å²) in [5.74, 6) is -0.856. The summed E-state index contributed by atoms with van der Waals surface area (Å²) >= 11 is 0. The summed E-state index contributed by atoms with van der Waals surface area (Å²) in [5, 5.41) is 15.5. The molecular formula is C21H14FN5O2. The number of aryl methyl sites for hydroxylation is 1. The highest BCUT2D eigenvalue weighted by atomic mass is 19.1. The molecule has 0 aliphatic heterocycles. The quantitative estimate of drug-likeness (QED) is 0.569. The fraction of sp³-hybridized carbons (Fsp3) is 0.0476. The lowest BCUT2D eigenvalue weighted by Crippen LogP contribution is -2.12. The van der Waals surface area contributed by atoms with Crippen LogP contribution in [0.2, 0.25) is 0 Å². The molecule has 0 unspecified atom stereocenters. The molecule has 29 heavy (non-hydrogen) atoms. The molecule has 1 amide bonds. The van der Waals surface area contributed by atoms with Crippen molar-refractivity contribution in [2.24, 2.45) is 0 Å². The van der Waals surface area contributed by atoms with E-state index in [1.54, 1.807) is 22.8 Å². The molecule has 0 aliphatic rings. The number of rotatable bonds is 4. The summed E-state index contributed by atoms with van der Waals surface area (Å²) in [6, 6.07) is 14.1. The highest BCUT2D eigenvalue weighted by Gasteiger charge is 2.14. The summed E-state index contributed by atoms with van der Waals surface area (Å²) in [6.45, 7) is 1.88. The molecule has 0 fully saturated rings. The highest BCUT2D eigenvalue weighted by Crippen LogP contribution is 2.29. The Labute approximate surface area is 165 Å². The van der Waals surface area contributed by atoms with Gasteiger partial charge in [0.15, 0.2) is 11.6 Å². The third-order valence-electron chi connectivity index (χ3n) is 4.29. The molecule has 1 N–H and O–H groups in total. The van der Waals surface area contributed by atoms with Gasteiger partial charge in [0.05, 0.1) is 11.6 Å². The van der Waals surface area contributed by atoms with Crippen molar-refractivity contribution in [1.82, 2.24) is 14.6 Å². The maximum Gasteiger partial charge on any atom is 0.255 e. The predicted octanol–water partition coefficient (Wildman–Crippen LogP) is 4.09. The third kappa shape index (κ3) is 3.61. The second kappa shape index (κ2) is 7.40. The van der Waals surface area contributed by atoms with E-state index in [-0.39, 0.29) is 17.3 Å². The Hall–Kier alpha value is -4.25. The molecule has 2 heterocycles. The van der Waals surface area contributed by atoms with Crippen LogP contribution in [0.15, 0.2) is 61.1 Å². The van der Waals surface area contributed by atoms with Crippen molar-refractivity contribution in [1.29, 1.82) is 5.26 Å². The number of halogens is 1. The number of hydrogen-bond donors (Lipinski definition) is 1. The molecule has 0 bridgehead atoms. The summed E-state index contributed by atoms with van der Waals surface area (Å²) in [6.07, 6.45) is 3.09. The van der Waals surface area contributed by atoms with Gasteiger partial charge in [-0.25, -0.2) is 8.91 Å². The number of amides is 1. The summed E-state index contributed by atoms with van der Waals surface area (Å²) in [4.78, 5) is 16.4. The lowest BCUT2D eigenvalue weighted by atomic mass is 10.1. The molecule has 0 radical (unpaired) electrons. The summed E-state index contributed by atoms with van der Waals surface area (Å²) in [5.41, 5.74) is 2.62. The Kier molecular flexibility index (Phi) is 4.63. The number of benzene rings is 2. The largest absolute Gasteiger partial charge is 0.434 e. The van der Waals surface area contributed by atoms with Gasteiger partial charge in [0, 0.05) is 23.5 Å². The van der Waals surface area contributed by atoms with Crippen molar-refractivity contribution in [3.63, 3.8) is 0 Å². The minimum absolute atomic E-state index is 0.0254. The van der Waals surface area contributed by atoms with Gasteiger partial charge in [0.2, 0.25) is 5.88 Å². The fourth-order valence-electron chi connectivity index (χ4n) is 2.81. The summed E-state index contributed by atoms with van der Waals surface area (Å²) < 4.78 is 21.8. The van der Waals surface area contributed by atoms with Gasteiger partial charge in [-0.3, -0.25) is 4.79 Å². The number of hydrogen-bond acceptors (Lipinski definition) is 5. The highest BCUT2D eigenvalue weighted by molar-refractivity contribution is 6.04. The lowest BCUT2D eigenvalue weighted by Gasteiger charge is -2.10. The van der Waals surface area contributed by atoms with Crippen molar-refractivity contribution in [3.05, 3.63) is 83.6 Å². The van der Waals surface area contributed by atoms with E-state index in [4.69, 9.17) is 10.00 Å². The second-order valence-electron chi connectivity index (χ2n) is 6.25. The lowest BCUT2D eigenvalue weighted by molar-refractivity contribution is 0.102. The number of carbonyl (C=O) groups is 1. The van der Waals surface area contributed by atoms with Crippen LogP contribution < -0.4 is 10.1 Å². The van der Waals surface area contributed by atoms with E-state index in [9.17, 15) is 9.18 Å². The Morgan fingerprint density at radius 2 is 2.00 bits per heavy atom. The van der Waals surface area contributed by atoms with E-state index < -0.39 is 11.7 Å². The summed E-state index contributed by atoms with van der Waals surface area (Å²) in [7, 11) is 0. The normalized spacial score (nSPS) is 10.5. The van der Waals surface area contributed by atoms with Crippen molar-refractivity contribution in [3.8, 4) is 17.7 Å². The molecule has 0 saturated carbocycles. The monoisotopic (exact) mass is 387 g/mol. The zero-order chi connectivity index (χ0) is 20.4. The first kappa shape index (κ1) is 18.1. The Bertz CT molecular complexity index is 1260. The van der Waals surface area contributed by atoms with Gasteiger partial charge >= 0.3 is 0 Å². The van der Waals surface area contributed by atoms with Crippen LogP contribution in [0, 0.1) is 24.1 Å². The SMILES string of the molecule is Cc1ccn2ncnc(Oc3ccc(NC(=O)c4ccc(C#N)cc4)cc3F)c12. The van der Waals surface area contributed by atoms with Crippen molar-refractivity contribution in [2.45, 2.75) is 6.92 Å². The van der Waals surface area contributed by atoms with Crippen LogP contribution in [0.1, 0.15) is 21.5 Å². The Morgan fingerprint density at radius 1 is 1.21 bits per heavy atom. The maximum atomic E-state index is 14.6. The first-order chi connectivity index (χ1) is 14.0. The molecule has 0 spiro atoms. The average molecular weight is 387 g/mol. The zero-order valence-corrected chi connectivity index (χ0v) is 15.3. The number of carbonyl (C=O) groups excluding carboxylic acids is 1. The van der Waals surface area contributed by atoms with Crippen LogP contribution in [0.4, 0.5) is 10.1 Å². The fourth-order valence-corrected chi connectivity index (χ4v) is 2.81. The molecule has 4 aromatic rings. The Morgan fingerprint density at radius 3 is 2.72 bits per heavy atom. The van der Waals surface area contributed by atoms with Gasteiger partial charge in [0.25, 0.3) is 5.91 Å².